The molecule has 3 aliphatic carbocycles. The van der Waals surface area contributed by atoms with Crippen molar-refractivity contribution in [1.29, 1.82) is 0 Å². The zero-order valence-corrected chi connectivity index (χ0v) is 13.0. The largest absolute Gasteiger partial charge is 0.508 e. The number of rotatable bonds is 0. The molecule has 1 unspecified atom stereocenters. The van der Waals surface area contributed by atoms with Crippen molar-refractivity contribution in [1.82, 2.24) is 0 Å². The van der Waals surface area contributed by atoms with Crippen LogP contribution in [-0.4, -0.2) is 16.3 Å². The van der Waals surface area contributed by atoms with Gasteiger partial charge in [0.1, 0.15) is 5.75 Å². The first-order valence-electron chi connectivity index (χ1n) is 8.50. The van der Waals surface area contributed by atoms with Gasteiger partial charge in [-0.05, 0) is 84.5 Å². The average molecular weight is 286 g/mol. The van der Waals surface area contributed by atoms with Gasteiger partial charge in [-0.2, -0.15) is 0 Å². The van der Waals surface area contributed by atoms with E-state index in [1.165, 1.54) is 30.4 Å². The average Bonchev–Trinajstić information content (AvgIpc) is 2.70. The highest BCUT2D eigenvalue weighted by molar-refractivity contribution is 5.40. The first-order chi connectivity index (χ1) is 10.0. The lowest BCUT2D eigenvalue weighted by Gasteiger charge is -2.50. The molecular formula is C19H26O2. The molecule has 0 bridgehead atoms. The number of phenolic OH excluding ortho intramolecular Hbond substituents is 1. The number of aliphatic hydroxyl groups is 1. The molecule has 4 rings (SSSR count). The number of phenols is 1. The van der Waals surface area contributed by atoms with Crippen molar-refractivity contribution < 1.29 is 10.2 Å². The number of aromatic hydroxyl groups is 1. The number of benzene rings is 1. The van der Waals surface area contributed by atoms with Gasteiger partial charge < -0.3 is 10.2 Å². The minimum atomic E-state index is -0.121. The normalized spacial score (nSPS) is 44.8. The van der Waals surface area contributed by atoms with Gasteiger partial charge >= 0.3 is 0 Å². The molecule has 2 heteroatoms. The summed E-state index contributed by atoms with van der Waals surface area (Å²) in [5.74, 6) is 2.88. The topological polar surface area (TPSA) is 40.5 Å². The van der Waals surface area contributed by atoms with Gasteiger partial charge in [-0.25, -0.2) is 0 Å². The summed E-state index contributed by atoms with van der Waals surface area (Å²) in [6.07, 6.45) is 5.71. The van der Waals surface area contributed by atoms with Gasteiger partial charge in [0.05, 0.1) is 6.10 Å². The second-order valence-corrected chi connectivity index (χ2v) is 8.00. The molecule has 0 spiro atoms. The van der Waals surface area contributed by atoms with Crippen LogP contribution in [0.5, 0.6) is 5.75 Å². The Morgan fingerprint density at radius 1 is 1.24 bits per heavy atom. The van der Waals surface area contributed by atoms with Gasteiger partial charge in [-0.15, -0.1) is 0 Å². The van der Waals surface area contributed by atoms with Gasteiger partial charge in [-0.3, -0.25) is 0 Å². The lowest BCUT2D eigenvalue weighted by atomic mass is 9.55. The molecule has 0 amide bonds. The summed E-state index contributed by atoms with van der Waals surface area (Å²) in [5, 5.41) is 20.4. The maximum Gasteiger partial charge on any atom is 0.115 e. The summed E-state index contributed by atoms with van der Waals surface area (Å²) in [4.78, 5) is 0. The second-order valence-electron chi connectivity index (χ2n) is 8.00. The van der Waals surface area contributed by atoms with Crippen molar-refractivity contribution in [2.24, 2.45) is 23.2 Å². The van der Waals surface area contributed by atoms with Crippen LogP contribution in [0.3, 0.4) is 0 Å². The van der Waals surface area contributed by atoms with E-state index in [-0.39, 0.29) is 11.5 Å². The van der Waals surface area contributed by atoms with Crippen LogP contribution in [0.25, 0.3) is 0 Å². The second kappa shape index (κ2) is 4.49. The predicted octanol–water partition coefficient (Wildman–Crippen LogP) is 3.86. The highest BCUT2D eigenvalue weighted by atomic mass is 16.3. The highest BCUT2D eigenvalue weighted by Crippen LogP contribution is 2.62. The van der Waals surface area contributed by atoms with E-state index in [1.807, 2.05) is 12.1 Å². The summed E-state index contributed by atoms with van der Waals surface area (Å²) < 4.78 is 0. The Balaban J connectivity index is 1.71. The number of fused-ring (bicyclic) bond motifs is 5. The Kier molecular flexibility index (Phi) is 2.91. The third-order valence-corrected chi connectivity index (χ3v) is 6.99. The van der Waals surface area contributed by atoms with Gasteiger partial charge in [0.2, 0.25) is 0 Å². The third-order valence-electron chi connectivity index (χ3n) is 6.99. The maximum atomic E-state index is 10.6. The van der Waals surface area contributed by atoms with Crippen molar-refractivity contribution in [2.75, 3.05) is 0 Å². The molecule has 114 valence electrons. The summed E-state index contributed by atoms with van der Waals surface area (Å²) >= 11 is 0. The third kappa shape index (κ3) is 1.81. The van der Waals surface area contributed by atoms with Crippen LogP contribution in [0.15, 0.2) is 18.2 Å². The van der Waals surface area contributed by atoms with E-state index in [2.05, 4.69) is 19.9 Å². The summed E-state index contributed by atoms with van der Waals surface area (Å²) in [6.45, 7) is 4.55. The van der Waals surface area contributed by atoms with Crippen molar-refractivity contribution in [3.05, 3.63) is 29.3 Å². The van der Waals surface area contributed by atoms with Crippen LogP contribution in [0.1, 0.15) is 56.6 Å². The van der Waals surface area contributed by atoms with Crippen molar-refractivity contribution in [3.8, 4) is 5.75 Å². The van der Waals surface area contributed by atoms with E-state index in [0.29, 0.717) is 23.5 Å². The molecule has 6 atom stereocenters. The standard InChI is InChI=1S/C19H26O2/c1-11-9-17-16-5-3-12-10-13(20)4-6-14(12)15(16)7-8-19(17,2)18(11)21/h4,6,10-11,15-18,20-21H,3,5,7-9H2,1-2H3/t11-,15-,16?,17+,18+,19+/m1/s1. The fourth-order valence-corrected chi connectivity index (χ4v) is 5.91. The van der Waals surface area contributed by atoms with Gasteiger partial charge in [0.15, 0.2) is 0 Å². The van der Waals surface area contributed by atoms with Crippen molar-refractivity contribution in [2.45, 2.75) is 58.0 Å². The molecule has 0 heterocycles. The first-order valence-corrected chi connectivity index (χ1v) is 8.50. The number of aryl methyl sites for hydroxylation is 1. The molecule has 2 fully saturated rings. The Morgan fingerprint density at radius 3 is 2.86 bits per heavy atom. The first kappa shape index (κ1) is 13.6. The number of hydrogen-bond acceptors (Lipinski definition) is 2. The van der Waals surface area contributed by atoms with E-state index >= 15 is 0 Å². The molecule has 1 aromatic carbocycles. The quantitative estimate of drug-likeness (QED) is 0.760. The van der Waals surface area contributed by atoms with Gasteiger partial charge in [0, 0.05) is 0 Å². The zero-order valence-electron chi connectivity index (χ0n) is 13.0. The van der Waals surface area contributed by atoms with Crippen LogP contribution in [-0.2, 0) is 6.42 Å². The molecule has 21 heavy (non-hydrogen) atoms. The molecule has 3 aliphatic rings. The Bertz CT molecular complexity index is 567. The lowest BCUT2D eigenvalue weighted by Crippen LogP contribution is -2.44. The SMILES string of the molecule is C[C@@H]1C[C@H]2C3CCc4cc(O)ccc4[C@H]3CC[C@]2(C)[C@H]1O. The molecule has 2 N–H and O–H groups in total. The molecular weight excluding hydrogens is 260 g/mol. The zero-order chi connectivity index (χ0) is 14.8. The van der Waals surface area contributed by atoms with E-state index in [0.717, 1.165) is 18.8 Å². The Morgan fingerprint density at radius 2 is 2.05 bits per heavy atom. The van der Waals surface area contributed by atoms with Gasteiger partial charge in [-0.1, -0.05) is 19.9 Å². The monoisotopic (exact) mass is 286 g/mol. The Hall–Kier alpha value is -1.02. The fraction of sp³-hybridized carbons (Fsp3) is 0.684. The summed E-state index contributed by atoms with van der Waals surface area (Å²) in [7, 11) is 0. The van der Waals surface area contributed by atoms with Crippen LogP contribution in [0.4, 0.5) is 0 Å². The number of hydrogen-bond donors (Lipinski definition) is 2. The van der Waals surface area contributed by atoms with E-state index in [1.54, 1.807) is 0 Å². The summed E-state index contributed by atoms with van der Waals surface area (Å²) in [5.41, 5.74) is 2.96. The highest BCUT2D eigenvalue weighted by Gasteiger charge is 2.56. The molecule has 0 radical (unpaired) electrons. The molecule has 1 aromatic rings. The molecule has 0 aliphatic heterocycles. The van der Waals surface area contributed by atoms with Crippen molar-refractivity contribution >= 4 is 0 Å². The molecule has 2 saturated carbocycles. The molecule has 2 nitrogen and oxygen atoms in total. The maximum absolute atomic E-state index is 10.6. The van der Waals surface area contributed by atoms with Crippen LogP contribution < -0.4 is 0 Å². The molecule has 0 aromatic heterocycles. The van der Waals surface area contributed by atoms with Crippen molar-refractivity contribution in [3.63, 3.8) is 0 Å². The fourth-order valence-electron chi connectivity index (χ4n) is 5.91. The summed E-state index contributed by atoms with van der Waals surface area (Å²) in [6, 6.07) is 5.96. The van der Waals surface area contributed by atoms with Crippen LogP contribution >= 0.6 is 0 Å². The van der Waals surface area contributed by atoms with Crippen LogP contribution in [0, 0.1) is 23.2 Å². The van der Waals surface area contributed by atoms with E-state index in [4.69, 9.17) is 0 Å². The van der Waals surface area contributed by atoms with E-state index in [9.17, 15) is 10.2 Å². The van der Waals surface area contributed by atoms with E-state index < -0.39 is 0 Å². The van der Waals surface area contributed by atoms with Gasteiger partial charge in [0.25, 0.3) is 0 Å². The minimum Gasteiger partial charge on any atom is -0.508 e. The predicted molar refractivity (Wildman–Crippen MR) is 83.3 cm³/mol. The Labute approximate surface area is 127 Å². The van der Waals surface area contributed by atoms with Crippen LogP contribution in [0.2, 0.25) is 0 Å². The lowest BCUT2D eigenvalue weighted by molar-refractivity contribution is -0.0309. The molecule has 0 saturated heterocycles. The number of aliphatic hydroxyl groups excluding tert-OH is 1. The minimum absolute atomic E-state index is 0.121. The smallest absolute Gasteiger partial charge is 0.115 e.